The number of nitriles is 1. The quantitative estimate of drug-likeness (QED) is 0.603. The third kappa shape index (κ3) is 6.99. The number of ether oxygens (including phenoxy) is 1. The monoisotopic (exact) mass is 430 g/mol. The number of nitrogens with one attached hydrogen (secondary N) is 1. The molecule has 1 aliphatic rings. The summed E-state index contributed by atoms with van der Waals surface area (Å²) in [7, 11) is 0. The van der Waals surface area contributed by atoms with Crippen LogP contribution in [-0.4, -0.2) is 41.3 Å². The minimum Gasteiger partial charge on any atom is -0.478 e. The second-order valence-electron chi connectivity index (χ2n) is 6.48. The molecular formula is C22H20F2N2O5. The van der Waals surface area contributed by atoms with Crippen LogP contribution in [0.1, 0.15) is 17.5 Å². The average Bonchev–Trinajstić information content (AvgIpc) is 3.26. The molecule has 3 rings (SSSR count). The summed E-state index contributed by atoms with van der Waals surface area (Å²) in [6.07, 6.45) is 2.09. The molecule has 3 N–H and O–H groups in total. The number of aliphatic carboxylic acids is 2. The summed E-state index contributed by atoms with van der Waals surface area (Å²) < 4.78 is 33.5. The number of carboxylic acid groups (broad SMARTS) is 2. The van der Waals surface area contributed by atoms with Crippen molar-refractivity contribution in [2.24, 2.45) is 0 Å². The van der Waals surface area contributed by atoms with Crippen LogP contribution in [-0.2, 0) is 20.9 Å². The van der Waals surface area contributed by atoms with Gasteiger partial charge in [-0.05, 0) is 30.7 Å². The zero-order valence-electron chi connectivity index (χ0n) is 16.3. The van der Waals surface area contributed by atoms with Crippen LogP contribution in [0.3, 0.4) is 0 Å². The van der Waals surface area contributed by atoms with Crippen molar-refractivity contribution in [1.29, 1.82) is 5.26 Å². The van der Waals surface area contributed by atoms with Crippen LogP contribution in [0.25, 0.3) is 11.1 Å². The first-order chi connectivity index (χ1) is 14.8. The van der Waals surface area contributed by atoms with Gasteiger partial charge in [-0.25, -0.2) is 18.4 Å². The lowest BCUT2D eigenvalue weighted by atomic mass is 9.95. The van der Waals surface area contributed by atoms with Crippen LogP contribution in [0.2, 0.25) is 0 Å². The Morgan fingerprint density at radius 2 is 1.77 bits per heavy atom. The highest BCUT2D eigenvalue weighted by Crippen LogP contribution is 2.30. The van der Waals surface area contributed by atoms with Gasteiger partial charge in [0.15, 0.2) is 11.6 Å². The highest BCUT2D eigenvalue weighted by Gasteiger charge is 2.19. The van der Waals surface area contributed by atoms with Gasteiger partial charge in [0, 0.05) is 29.8 Å². The molecule has 1 atom stereocenters. The Bertz CT molecular complexity index is 995. The minimum absolute atomic E-state index is 0.0759. The van der Waals surface area contributed by atoms with Gasteiger partial charge in [0.1, 0.15) is 0 Å². The standard InChI is InChI=1S/C18H16F2N2O.C4H4O4/c19-17-6-2-5-15(18(17)20)14-4-1-3-12(9-21)16(14)11-23-13-7-8-22-10-13;5-3(6)1-2-4(7)8/h1-6,13,22H,7-8,10-11H2;1-2H,(H,5,6)(H,7,8). The number of halogens is 2. The highest BCUT2D eigenvalue weighted by molar-refractivity contribution is 5.89. The summed E-state index contributed by atoms with van der Waals surface area (Å²) >= 11 is 0. The van der Waals surface area contributed by atoms with E-state index in [1.54, 1.807) is 18.2 Å². The Morgan fingerprint density at radius 3 is 2.35 bits per heavy atom. The van der Waals surface area contributed by atoms with Gasteiger partial charge in [-0.3, -0.25) is 0 Å². The summed E-state index contributed by atoms with van der Waals surface area (Å²) in [4.78, 5) is 19.1. The molecule has 0 aliphatic carbocycles. The van der Waals surface area contributed by atoms with E-state index in [9.17, 15) is 23.6 Å². The van der Waals surface area contributed by atoms with E-state index in [4.69, 9.17) is 14.9 Å². The second kappa shape index (κ2) is 11.5. The molecule has 9 heteroatoms. The van der Waals surface area contributed by atoms with E-state index in [2.05, 4.69) is 11.4 Å². The van der Waals surface area contributed by atoms with E-state index in [0.717, 1.165) is 25.6 Å². The maximum atomic E-state index is 14.1. The van der Waals surface area contributed by atoms with Crippen molar-refractivity contribution >= 4 is 11.9 Å². The maximum absolute atomic E-state index is 14.1. The first-order valence-corrected chi connectivity index (χ1v) is 9.26. The summed E-state index contributed by atoms with van der Waals surface area (Å²) in [5.41, 5.74) is 1.64. The van der Waals surface area contributed by atoms with E-state index in [1.807, 2.05) is 0 Å². The number of carboxylic acids is 2. The van der Waals surface area contributed by atoms with Crippen LogP contribution in [0, 0.1) is 23.0 Å². The zero-order chi connectivity index (χ0) is 22.8. The number of benzene rings is 2. The number of nitrogens with zero attached hydrogens (tertiary/aromatic N) is 1. The third-order valence-corrected chi connectivity index (χ3v) is 4.39. The van der Waals surface area contributed by atoms with E-state index in [1.165, 1.54) is 12.1 Å². The van der Waals surface area contributed by atoms with Gasteiger partial charge in [0.05, 0.1) is 24.3 Å². The molecule has 0 amide bonds. The SMILES string of the molecule is N#Cc1cccc(-c2cccc(F)c2F)c1COC1CCNC1.O=C(O)C=CC(=O)O. The van der Waals surface area contributed by atoms with E-state index in [-0.39, 0.29) is 18.3 Å². The average molecular weight is 430 g/mol. The zero-order valence-corrected chi connectivity index (χ0v) is 16.3. The first-order valence-electron chi connectivity index (χ1n) is 9.26. The number of rotatable bonds is 6. The number of hydrogen-bond acceptors (Lipinski definition) is 5. The molecule has 7 nitrogen and oxygen atoms in total. The van der Waals surface area contributed by atoms with Crippen LogP contribution < -0.4 is 5.32 Å². The maximum Gasteiger partial charge on any atom is 0.328 e. The summed E-state index contributed by atoms with van der Waals surface area (Å²) in [5.74, 6) is -4.33. The van der Waals surface area contributed by atoms with Crippen molar-refractivity contribution in [2.45, 2.75) is 19.1 Å². The molecule has 1 saturated heterocycles. The fourth-order valence-electron chi connectivity index (χ4n) is 2.93. The van der Waals surface area contributed by atoms with Crippen LogP contribution in [0.15, 0.2) is 48.6 Å². The molecule has 0 radical (unpaired) electrons. The molecule has 0 bridgehead atoms. The smallest absolute Gasteiger partial charge is 0.328 e. The number of hydrogen-bond donors (Lipinski definition) is 3. The van der Waals surface area contributed by atoms with Crippen molar-refractivity contribution < 1.29 is 33.3 Å². The number of carbonyl (C=O) groups is 2. The Kier molecular flexibility index (Phi) is 8.81. The molecule has 31 heavy (non-hydrogen) atoms. The van der Waals surface area contributed by atoms with Crippen LogP contribution in [0.5, 0.6) is 0 Å². The molecule has 0 saturated carbocycles. The van der Waals surface area contributed by atoms with E-state index in [0.29, 0.717) is 28.8 Å². The van der Waals surface area contributed by atoms with Gasteiger partial charge < -0.3 is 20.3 Å². The van der Waals surface area contributed by atoms with Crippen molar-refractivity contribution in [3.8, 4) is 17.2 Å². The van der Waals surface area contributed by atoms with E-state index >= 15 is 0 Å². The van der Waals surface area contributed by atoms with Crippen molar-refractivity contribution in [1.82, 2.24) is 5.32 Å². The van der Waals surface area contributed by atoms with Crippen molar-refractivity contribution in [3.63, 3.8) is 0 Å². The summed E-state index contributed by atoms with van der Waals surface area (Å²) in [5, 5.41) is 28.1. The predicted octanol–water partition coefficient (Wildman–Crippen LogP) is 3.09. The molecule has 1 fully saturated rings. The lowest BCUT2D eigenvalue weighted by Crippen LogP contribution is -2.17. The van der Waals surface area contributed by atoms with Gasteiger partial charge in [0.25, 0.3) is 0 Å². The second-order valence-corrected chi connectivity index (χ2v) is 6.48. The molecule has 1 heterocycles. The van der Waals surface area contributed by atoms with Gasteiger partial charge in [-0.1, -0.05) is 24.3 Å². The van der Waals surface area contributed by atoms with Crippen LogP contribution in [0.4, 0.5) is 8.78 Å². The normalized spacial score (nSPS) is 15.2. The van der Waals surface area contributed by atoms with Gasteiger partial charge >= 0.3 is 11.9 Å². The molecule has 1 aliphatic heterocycles. The lowest BCUT2D eigenvalue weighted by molar-refractivity contribution is -0.134. The third-order valence-electron chi connectivity index (χ3n) is 4.39. The Labute approximate surface area is 177 Å². The first kappa shape index (κ1) is 23.7. The molecule has 2 aromatic rings. The molecule has 1 unspecified atom stereocenters. The Morgan fingerprint density at radius 1 is 1.13 bits per heavy atom. The molecule has 0 spiro atoms. The fraction of sp³-hybridized carbons (Fsp3) is 0.227. The van der Waals surface area contributed by atoms with Gasteiger partial charge in [-0.15, -0.1) is 0 Å². The molecule has 0 aromatic heterocycles. The van der Waals surface area contributed by atoms with E-state index < -0.39 is 23.6 Å². The fourth-order valence-corrected chi connectivity index (χ4v) is 2.93. The molecular weight excluding hydrogens is 410 g/mol. The van der Waals surface area contributed by atoms with Gasteiger partial charge in [-0.2, -0.15) is 5.26 Å². The van der Waals surface area contributed by atoms with Crippen LogP contribution >= 0.6 is 0 Å². The molecule has 162 valence electrons. The van der Waals surface area contributed by atoms with Crippen molar-refractivity contribution in [2.75, 3.05) is 13.1 Å². The van der Waals surface area contributed by atoms with Gasteiger partial charge in [0.2, 0.25) is 0 Å². The summed E-state index contributed by atoms with van der Waals surface area (Å²) in [6.45, 7) is 1.86. The van der Waals surface area contributed by atoms with Crippen molar-refractivity contribution in [3.05, 3.63) is 71.3 Å². The predicted molar refractivity (Wildman–Crippen MR) is 107 cm³/mol. The Hall–Kier alpha value is -3.61. The molecule has 2 aromatic carbocycles. The largest absolute Gasteiger partial charge is 0.478 e. The minimum atomic E-state index is -1.26. The lowest BCUT2D eigenvalue weighted by Gasteiger charge is -2.15. The Balaban J connectivity index is 0.000000366. The topological polar surface area (TPSA) is 120 Å². The summed E-state index contributed by atoms with van der Waals surface area (Å²) in [6, 6.07) is 11.2. The highest BCUT2D eigenvalue weighted by atomic mass is 19.2.